The standard InChI is InChI=1S/C22H24N6O3S/c1-24-22(32)28-20(23)17(14-11-27(2)21-13(14)7-6-8-25-21)18(26-28)12-9-15(29-3)19(31-5)16(10-12)30-4/h6-11H,23H2,1-5H3,(H,24,32). The van der Waals surface area contributed by atoms with Crippen molar-refractivity contribution in [3.05, 3.63) is 36.7 Å². The van der Waals surface area contributed by atoms with Crippen molar-refractivity contribution in [2.24, 2.45) is 7.05 Å². The predicted molar refractivity (Wildman–Crippen MR) is 128 cm³/mol. The summed E-state index contributed by atoms with van der Waals surface area (Å²) in [5, 5.41) is 9.02. The van der Waals surface area contributed by atoms with Gasteiger partial charge in [-0.2, -0.15) is 9.78 Å². The van der Waals surface area contributed by atoms with Crippen LogP contribution >= 0.6 is 12.2 Å². The fourth-order valence-corrected chi connectivity index (χ4v) is 3.93. The zero-order valence-corrected chi connectivity index (χ0v) is 19.3. The van der Waals surface area contributed by atoms with Gasteiger partial charge in [0.25, 0.3) is 0 Å². The second-order valence-electron chi connectivity index (χ2n) is 7.02. The number of rotatable bonds is 5. The first-order valence-corrected chi connectivity index (χ1v) is 10.2. The molecule has 32 heavy (non-hydrogen) atoms. The minimum absolute atomic E-state index is 0.376. The number of aromatic nitrogens is 4. The van der Waals surface area contributed by atoms with Gasteiger partial charge in [0.15, 0.2) is 16.6 Å². The molecule has 0 aliphatic heterocycles. The highest BCUT2D eigenvalue weighted by atomic mass is 32.1. The van der Waals surface area contributed by atoms with Crippen LogP contribution in [0.4, 0.5) is 5.82 Å². The average Bonchev–Trinajstić information content (AvgIpc) is 3.34. The van der Waals surface area contributed by atoms with E-state index in [1.165, 1.54) is 4.68 Å². The van der Waals surface area contributed by atoms with Crippen LogP contribution in [-0.4, -0.2) is 52.8 Å². The van der Waals surface area contributed by atoms with E-state index < -0.39 is 0 Å². The highest BCUT2D eigenvalue weighted by Gasteiger charge is 2.25. The number of nitrogen functional groups attached to an aromatic ring is 1. The highest BCUT2D eigenvalue weighted by molar-refractivity contribution is 7.80. The zero-order chi connectivity index (χ0) is 23.0. The van der Waals surface area contributed by atoms with E-state index in [0.717, 1.165) is 27.7 Å². The molecule has 0 saturated heterocycles. The summed E-state index contributed by atoms with van der Waals surface area (Å²) >= 11 is 5.44. The molecule has 0 saturated carbocycles. The molecule has 3 aromatic heterocycles. The van der Waals surface area contributed by atoms with Gasteiger partial charge in [-0.3, -0.25) is 0 Å². The lowest BCUT2D eigenvalue weighted by molar-refractivity contribution is 0.324. The Bertz CT molecular complexity index is 1300. The summed E-state index contributed by atoms with van der Waals surface area (Å²) in [6.45, 7) is 0. The maximum Gasteiger partial charge on any atom is 0.203 e. The number of aryl methyl sites for hydroxylation is 1. The Morgan fingerprint density at radius 1 is 1.12 bits per heavy atom. The molecule has 0 aliphatic carbocycles. The number of benzene rings is 1. The Morgan fingerprint density at radius 3 is 2.41 bits per heavy atom. The lowest BCUT2D eigenvalue weighted by atomic mass is 10.00. The first kappa shape index (κ1) is 21.4. The van der Waals surface area contributed by atoms with Crippen LogP contribution in [0.25, 0.3) is 33.4 Å². The normalized spacial score (nSPS) is 10.9. The number of pyridine rings is 1. The van der Waals surface area contributed by atoms with Crippen molar-refractivity contribution >= 4 is 34.2 Å². The summed E-state index contributed by atoms with van der Waals surface area (Å²) in [5.41, 5.74) is 10.4. The van der Waals surface area contributed by atoms with Crippen LogP contribution in [-0.2, 0) is 7.05 Å². The van der Waals surface area contributed by atoms with E-state index in [1.807, 2.05) is 42.1 Å². The summed E-state index contributed by atoms with van der Waals surface area (Å²) in [5.74, 6) is 1.92. The van der Waals surface area contributed by atoms with Crippen molar-refractivity contribution in [1.82, 2.24) is 24.6 Å². The summed E-state index contributed by atoms with van der Waals surface area (Å²) in [6, 6.07) is 7.57. The molecule has 0 amide bonds. The number of hydrogen-bond donors (Lipinski definition) is 2. The van der Waals surface area contributed by atoms with E-state index >= 15 is 0 Å². The number of nitrogens with two attached hydrogens (primary N) is 1. The Kier molecular flexibility index (Phi) is 5.62. The van der Waals surface area contributed by atoms with Gasteiger partial charge in [-0.05, 0) is 36.5 Å². The van der Waals surface area contributed by atoms with Gasteiger partial charge in [-0.1, -0.05) is 0 Å². The fourth-order valence-electron chi connectivity index (χ4n) is 3.79. The average molecular weight is 453 g/mol. The quantitative estimate of drug-likeness (QED) is 0.446. The summed E-state index contributed by atoms with van der Waals surface area (Å²) in [4.78, 5) is 4.49. The number of methoxy groups -OCH3 is 3. The molecule has 9 nitrogen and oxygen atoms in total. The SMILES string of the molecule is CNC(=S)n1nc(-c2cc(OC)c(OC)c(OC)c2)c(-c2cn(C)c3ncccc23)c1N. The molecule has 0 atom stereocenters. The topological polar surface area (TPSA) is 101 Å². The molecule has 4 aromatic rings. The van der Waals surface area contributed by atoms with Gasteiger partial charge in [0.1, 0.15) is 17.2 Å². The molecular formula is C22H24N6O3S. The van der Waals surface area contributed by atoms with Gasteiger partial charge in [0.05, 0.1) is 26.9 Å². The van der Waals surface area contributed by atoms with E-state index in [0.29, 0.717) is 33.9 Å². The zero-order valence-electron chi connectivity index (χ0n) is 18.5. The maximum absolute atomic E-state index is 6.60. The minimum Gasteiger partial charge on any atom is -0.493 e. The van der Waals surface area contributed by atoms with Gasteiger partial charge in [0, 0.05) is 43.0 Å². The first-order valence-electron chi connectivity index (χ1n) is 9.76. The molecular weight excluding hydrogens is 428 g/mol. The molecule has 0 radical (unpaired) electrons. The number of thiocarbonyl (C=S) groups is 1. The van der Waals surface area contributed by atoms with Crippen LogP contribution in [0.2, 0.25) is 0 Å². The third kappa shape index (κ3) is 3.28. The van der Waals surface area contributed by atoms with Gasteiger partial charge in [-0.25, -0.2) is 4.98 Å². The Balaban J connectivity index is 2.07. The molecule has 0 aliphatic rings. The molecule has 0 bridgehead atoms. The number of nitrogens with one attached hydrogen (secondary N) is 1. The number of hydrogen-bond acceptors (Lipinski definition) is 7. The molecule has 10 heteroatoms. The third-order valence-corrected chi connectivity index (χ3v) is 5.65. The van der Waals surface area contributed by atoms with E-state index in [-0.39, 0.29) is 0 Å². The number of fused-ring (bicyclic) bond motifs is 1. The first-order chi connectivity index (χ1) is 15.4. The van der Waals surface area contributed by atoms with Crippen LogP contribution < -0.4 is 25.3 Å². The third-order valence-electron chi connectivity index (χ3n) is 5.27. The van der Waals surface area contributed by atoms with Crippen molar-refractivity contribution in [3.63, 3.8) is 0 Å². The molecule has 0 fully saturated rings. The molecule has 0 spiro atoms. The molecule has 166 valence electrons. The fraction of sp³-hybridized carbons (Fsp3) is 0.227. The van der Waals surface area contributed by atoms with Crippen molar-refractivity contribution in [3.8, 4) is 39.6 Å². The van der Waals surface area contributed by atoms with Crippen molar-refractivity contribution in [2.45, 2.75) is 0 Å². The van der Waals surface area contributed by atoms with Crippen LogP contribution in [0.1, 0.15) is 0 Å². The Labute approximate surface area is 190 Å². The molecule has 4 rings (SSSR count). The lowest BCUT2D eigenvalue weighted by Crippen LogP contribution is -2.26. The second kappa shape index (κ2) is 8.39. The van der Waals surface area contributed by atoms with Crippen molar-refractivity contribution in [2.75, 3.05) is 34.1 Å². The Morgan fingerprint density at radius 2 is 1.81 bits per heavy atom. The minimum atomic E-state index is 0.376. The van der Waals surface area contributed by atoms with Gasteiger partial charge < -0.3 is 29.8 Å². The lowest BCUT2D eigenvalue weighted by Gasteiger charge is -2.14. The van der Waals surface area contributed by atoms with Crippen molar-refractivity contribution < 1.29 is 14.2 Å². The Hall–Kier alpha value is -3.79. The molecule has 0 unspecified atom stereocenters. The van der Waals surface area contributed by atoms with Gasteiger partial charge in [0.2, 0.25) is 5.75 Å². The summed E-state index contributed by atoms with van der Waals surface area (Å²) in [6.07, 6.45) is 3.74. The van der Waals surface area contributed by atoms with Crippen molar-refractivity contribution in [1.29, 1.82) is 0 Å². The van der Waals surface area contributed by atoms with Crippen LogP contribution in [0.15, 0.2) is 36.7 Å². The second-order valence-corrected chi connectivity index (χ2v) is 7.40. The van der Waals surface area contributed by atoms with Crippen LogP contribution in [0.5, 0.6) is 17.2 Å². The van der Waals surface area contributed by atoms with Crippen LogP contribution in [0, 0.1) is 0 Å². The highest BCUT2D eigenvalue weighted by Crippen LogP contribution is 2.45. The van der Waals surface area contributed by atoms with E-state index in [4.69, 9.17) is 37.3 Å². The largest absolute Gasteiger partial charge is 0.493 e. The van der Waals surface area contributed by atoms with Gasteiger partial charge in [-0.15, -0.1) is 0 Å². The maximum atomic E-state index is 6.60. The van der Waals surface area contributed by atoms with E-state index in [9.17, 15) is 0 Å². The molecule has 1 aromatic carbocycles. The number of nitrogens with zero attached hydrogens (tertiary/aromatic N) is 4. The van der Waals surface area contributed by atoms with E-state index in [1.54, 1.807) is 34.6 Å². The number of ether oxygens (including phenoxy) is 3. The smallest absolute Gasteiger partial charge is 0.203 e. The van der Waals surface area contributed by atoms with Crippen LogP contribution in [0.3, 0.4) is 0 Å². The van der Waals surface area contributed by atoms with Gasteiger partial charge >= 0.3 is 0 Å². The summed E-state index contributed by atoms with van der Waals surface area (Å²) < 4.78 is 20.0. The van der Waals surface area contributed by atoms with E-state index in [2.05, 4.69) is 10.3 Å². The number of anilines is 1. The molecule has 3 heterocycles. The monoisotopic (exact) mass is 452 g/mol. The predicted octanol–water partition coefficient (Wildman–Crippen LogP) is 3.06. The summed E-state index contributed by atoms with van der Waals surface area (Å²) in [7, 11) is 8.37. The molecule has 3 N–H and O–H groups in total.